The molecule has 0 N–H and O–H groups in total. The number of morpholine rings is 1. The van der Waals surface area contributed by atoms with Crippen LogP contribution in [0, 0.1) is 5.92 Å². The van der Waals surface area contributed by atoms with Crippen LogP contribution in [-0.4, -0.2) is 36.0 Å². The van der Waals surface area contributed by atoms with E-state index in [-0.39, 0.29) is 5.92 Å². The maximum absolute atomic E-state index is 12.8. The molecule has 0 saturated carbocycles. The van der Waals surface area contributed by atoms with E-state index < -0.39 is 0 Å². The van der Waals surface area contributed by atoms with Gasteiger partial charge in [0.25, 0.3) is 0 Å². The maximum atomic E-state index is 12.8. The Morgan fingerprint density at radius 2 is 1.59 bits per heavy atom. The van der Waals surface area contributed by atoms with Crippen molar-refractivity contribution in [3.8, 4) is 0 Å². The van der Waals surface area contributed by atoms with E-state index in [1.807, 2.05) is 0 Å². The standard InChI is InChI=1S/C24H37NO2/c1-2-3-4-5-6-7-11-14-24(26)21-15-22-18-27-19-23(16-21)25(22)17-20-12-9-8-10-13-20/h8-10,12-13,21-23H,2-7,11,14-19H2,1H3. The SMILES string of the molecule is CCCCCCCCCC(=O)C1CC2COCC(C1)N2Cc1ccccc1. The summed E-state index contributed by atoms with van der Waals surface area (Å²) in [4.78, 5) is 15.4. The van der Waals surface area contributed by atoms with Crippen molar-refractivity contribution in [1.82, 2.24) is 4.90 Å². The Labute approximate surface area is 165 Å². The number of Topliss-reactive ketones (excluding diaryl/α,β-unsaturated/α-hetero) is 1. The summed E-state index contributed by atoms with van der Waals surface area (Å²) in [5.41, 5.74) is 1.36. The number of rotatable bonds is 11. The zero-order valence-electron chi connectivity index (χ0n) is 17.1. The lowest BCUT2D eigenvalue weighted by Crippen LogP contribution is -2.57. The molecule has 2 unspecified atom stereocenters. The molecule has 2 bridgehead atoms. The summed E-state index contributed by atoms with van der Waals surface area (Å²) in [6.45, 7) is 4.80. The van der Waals surface area contributed by atoms with Crippen molar-refractivity contribution in [2.24, 2.45) is 5.92 Å². The highest BCUT2D eigenvalue weighted by Crippen LogP contribution is 2.34. The van der Waals surface area contributed by atoms with Crippen LogP contribution in [0.4, 0.5) is 0 Å². The summed E-state index contributed by atoms with van der Waals surface area (Å²) in [5.74, 6) is 0.774. The molecule has 2 atom stereocenters. The maximum Gasteiger partial charge on any atom is 0.136 e. The van der Waals surface area contributed by atoms with Crippen molar-refractivity contribution in [2.45, 2.75) is 89.8 Å². The molecule has 2 aliphatic heterocycles. The average molecular weight is 372 g/mol. The van der Waals surface area contributed by atoms with Crippen molar-refractivity contribution >= 4 is 5.78 Å². The van der Waals surface area contributed by atoms with E-state index in [4.69, 9.17) is 4.74 Å². The van der Waals surface area contributed by atoms with Crippen molar-refractivity contribution in [3.05, 3.63) is 35.9 Å². The summed E-state index contributed by atoms with van der Waals surface area (Å²) < 4.78 is 5.82. The highest BCUT2D eigenvalue weighted by atomic mass is 16.5. The molecule has 150 valence electrons. The Morgan fingerprint density at radius 1 is 0.963 bits per heavy atom. The van der Waals surface area contributed by atoms with Gasteiger partial charge in [-0.3, -0.25) is 9.69 Å². The molecule has 27 heavy (non-hydrogen) atoms. The number of fused-ring (bicyclic) bond motifs is 2. The van der Waals surface area contributed by atoms with Gasteiger partial charge in [0, 0.05) is 31.0 Å². The minimum absolute atomic E-state index is 0.260. The van der Waals surface area contributed by atoms with Crippen molar-refractivity contribution in [1.29, 1.82) is 0 Å². The summed E-state index contributed by atoms with van der Waals surface area (Å²) in [7, 11) is 0. The minimum Gasteiger partial charge on any atom is -0.378 e. The first-order chi connectivity index (χ1) is 13.3. The van der Waals surface area contributed by atoms with E-state index in [0.717, 1.165) is 45.4 Å². The first kappa shape index (κ1) is 20.5. The van der Waals surface area contributed by atoms with Gasteiger partial charge in [0.2, 0.25) is 0 Å². The second-order valence-corrected chi connectivity index (χ2v) is 8.51. The predicted molar refractivity (Wildman–Crippen MR) is 111 cm³/mol. The fourth-order valence-electron chi connectivity index (χ4n) is 4.77. The Morgan fingerprint density at radius 3 is 2.26 bits per heavy atom. The number of carbonyl (C=O) groups is 1. The monoisotopic (exact) mass is 371 g/mol. The molecule has 3 rings (SSSR count). The average Bonchev–Trinajstić information content (AvgIpc) is 2.67. The largest absolute Gasteiger partial charge is 0.378 e. The van der Waals surface area contributed by atoms with Crippen LogP contribution in [-0.2, 0) is 16.1 Å². The number of benzene rings is 1. The van der Waals surface area contributed by atoms with Gasteiger partial charge in [0.1, 0.15) is 5.78 Å². The van der Waals surface area contributed by atoms with Crippen LogP contribution >= 0.6 is 0 Å². The Bertz CT molecular complexity index is 545. The smallest absolute Gasteiger partial charge is 0.136 e. The molecule has 3 heteroatoms. The highest BCUT2D eigenvalue weighted by molar-refractivity contribution is 5.81. The molecular formula is C24H37NO2. The van der Waals surface area contributed by atoms with Gasteiger partial charge in [-0.2, -0.15) is 0 Å². The molecule has 3 nitrogen and oxygen atoms in total. The summed E-state index contributed by atoms with van der Waals surface area (Å²) >= 11 is 0. The minimum atomic E-state index is 0.260. The van der Waals surface area contributed by atoms with E-state index in [9.17, 15) is 4.79 Å². The van der Waals surface area contributed by atoms with Gasteiger partial charge in [-0.25, -0.2) is 0 Å². The van der Waals surface area contributed by atoms with E-state index in [1.54, 1.807) is 0 Å². The van der Waals surface area contributed by atoms with Gasteiger partial charge in [0.05, 0.1) is 13.2 Å². The predicted octanol–water partition coefficient (Wildman–Crippen LogP) is 5.38. The van der Waals surface area contributed by atoms with Crippen LogP contribution in [0.5, 0.6) is 0 Å². The molecule has 0 aromatic heterocycles. The Hall–Kier alpha value is -1.19. The molecule has 2 fully saturated rings. The molecule has 2 saturated heterocycles. The molecular weight excluding hydrogens is 334 g/mol. The van der Waals surface area contributed by atoms with Gasteiger partial charge in [-0.1, -0.05) is 75.8 Å². The van der Waals surface area contributed by atoms with Crippen molar-refractivity contribution in [2.75, 3.05) is 13.2 Å². The molecule has 2 heterocycles. The number of hydrogen-bond donors (Lipinski definition) is 0. The normalized spacial score (nSPS) is 25.4. The third-order valence-electron chi connectivity index (χ3n) is 6.36. The molecule has 1 aromatic rings. The summed E-state index contributed by atoms with van der Waals surface area (Å²) in [6.07, 6.45) is 11.7. The van der Waals surface area contributed by atoms with Gasteiger partial charge in [-0.05, 0) is 24.8 Å². The first-order valence-corrected chi connectivity index (χ1v) is 11.2. The third kappa shape index (κ3) is 6.15. The van der Waals surface area contributed by atoms with Crippen LogP contribution in [0.15, 0.2) is 30.3 Å². The number of carbonyl (C=O) groups excluding carboxylic acids is 1. The van der Waals surface area contributed by atoms with E-state index >= 15 is 0 Å². The lowest BCUT2D eigenvalue weighted by molar-refractivity contribution is -0.133. The van der Waals surface area contributed by atoms with Crippen LogP contribution in [0.3, 0.4) is 0 Å². The lowest BCUT2D eigenvalue weighted by Gasteiger charge is -2.48. The van der Waals surface area contributed by atoms with Crippen LogP contribution in [0.1, 0.15) is 76.7 Å². The van der Waals surface area contributed by atoms with Crippen LogP contribution in [0.25, 0.3) is 0 Å². The van der Waals surface area contributed by atoms with E-state index in [1.165, 1.54) is 44.1 Å². The summed E-state index contributed by atoms with van der Waals surface area (Å²) in [5, 5.41) is 0. The molecule has 0 radical (unpaired) electrons. The number of ether oxygens (including phenoxy) is 1. The van der Waals surface area contributed by atoms with Crippen LogP contribution < -0.4 is 0 Å². The second kappa shape index (κ2) is 11.0. The number of hydrogen-bond acceptors (Lipinski definition) is 3. The number of piperidine rings is 1. The number of nitrogens with zero attached hydrogens (tertiary/aromatic N) is 1. The molecule has 0 spiro atoms. The number of unbranched alkanes of at least 4 members (excludes halogenated alkanes) is 6. The molecule has 2 aliphatic rings. The Kier molecular flexibility index (Phi) is 8.34. The van der Waals surface area contributed by atoms with Crippen molar-refractivity contribution in [3.63, 3.8) is 0 Å². The van der Waals surface area contributed by atoms with E-state index in [0.29, 0.717) is 17.9 Å². The zero-order valence-corrected chi connectivity index (χ0v) is 17.1. The highest BCUT2D eigenvalue weighted by Gasteiger charge is 2.40. The fourth-order valence-corrected chi connectivity index (χ4v) is 4.77. The first-order valence-electron chi connectivity index (χ1n) is 11.2. The third-order valence-corrected chi connectivity index (χ3v) is 6.36. The van der Waals surface area contributed by atoms with E-state index in [2.05, 4.69) is 42.2 Å². The van der Waals surface area contributed by atoms with Gasteiger partial charge in [0.15, 0.2) is 0 Å². The lowest BCUT2D eigenvalue weighted by atomic mass is 9.81. The van der Waals surface area contributed by atoms with Gasteiger partial charge >= 0.3 is 0 Å². The second-order valence-electron chi connectivity index (χ2n) is 8.51. The molecule has 1 aromatic carbocycles. The number of ketones is 1. The van der Waals surface area contributed by atoms with Crippen molar-refractivity contribution < 1.29 is 9.53 Å². The quantitative estimate of drug-likeness (QED) is 0.489. The molecule has 0 aliphatic carbocycles. The van der Waals surface area contributed by atoms with Gasteiger partial charge in [-0.15, -0.1) is 0 Å². The fraction of sp³-hybridized carbons (Fsp3) is 0.708. The topological polar surface area (TPSA) is 29.5 Å². The zero-order chi connectivity index (χ0) is 18.9. The van der Waals surface area contributed by atoms with Crippen LogP contribution in [0.2, 0.25) is 0 Å². The Balaban J connectivity index is 1.43. The summed E-state index contributed by atoms with van der Waals surface area (Å²) in [6, 6.07) is 11.5. The molecule has 0 amide bonds. The van der Waals surface area contributed by atoms with Gasteiger partial charge < -0.3 is 4.74 Å².